The van der Waals surface area contributed by atoms with Crippen molar-refractivity contribution in [3.05, 3.63) is 41.3 Å². The maximum Gasteiger partial charge on any atom is 0.416 e. The molecule has 1 atom stereocenters. The third-order valence-corrected chi connectivity index (χ3v) is 3.56. The molecule has 1 aliphatic carbocycles. The molecule has 7 heteroatoms. The zero-order chi connectivity index (χ0) is 15.9. The van der Waals surface area contributed by atoms with Gasteiger partial charge in [0.15, 0.2) is 12.0 Å². The first-order chi connectivity index (χ1) is 10.4. The van der Waals surface area contributed by atoms with Crippen molar-refractivity contribution in [1.82, 2.24) is 5.32 Å². The minimum Gasteiger partial charge on any atom is -0.464 e. The molecule has 0 radical (unpaired) electrons. The van der Waals surface area contributed by atoms with Crippen LogP contribution in [0.4, 0.5) is 17.6 Å². The molecule has 1 unspecified atom stereocenters. The Balaban J connectivity index is 2.00. The third-order valence-electron chi connectivity index (χ3n) is 3.56. The second-order valence-corrected chi connectivity index (χ2v) is 5.33. The van der Waals surface area contributed by atoms with Crippen molar-refractivity contribution >= 4 is 11.4 Å². The fraction of sp³-hybridized carbons (Fsp3) is 0.400. The van der Waals surface area contributed by atoms with E-state index in [0.29, 0.717) is 0 Å². The average Bonchev–Trinajstić information content (AvgIpc) is 3.22. The Morgan fingerprint density at radius 1 is 1.27 bits per heavy atom. The van der Waals surface area contributed by atoms with Gasteiger partial charge >= 0.3 is 6.18 Å². The van der Waals surface area contributed by atoms with Crippen LogP contribution in [0.2, 0.25) is 0 Å². The smallest absolute Gasteiger partial charge is 0.416 e. The highest BCUT2D eigenvalue weighted by atomic mass is 19.4. The average molecular weight is 315 g/mol. The number of ketones is 1. The second-order valence-electron chi connectivity index (χ2n) is 5.33. The summed E-state index contributed by atoms with van der Waals surface area (Å²) in [5.74, 6) is -0.556. The zero-order valence-corrected chi connectivity index (χ0v) is 11.4. The first-order valence-corrected chi connectivity index (χ1v) is 6.85. The lowest BCUT2D eigenvalue weighted by atomic mass is 9.99. The zero-order valence-electron chi connectivity index (χ0n) is 11.4. The summed E-state index contributed by atoms with van der Waals surface area (Å²) in [7, 11) is 0. The SMILES string of the molecule is O=C1C(c2cccc(C(F)(F)F)c2)=C(NC2CC2)OC1CF. The van der Waals surface area contributed by atoms with E-state index in [4.69, 9.17) is 4.74 Å². The van der Waals surface area contributed by atoms with Crippen LogP contribution < -0.4 is 5.32 Å². The van der Waals surface area contributed by atoms with Crippen LogP contribution >= 0.6 is 0 Å². The second kappa shape index (κ2) is 5.30. The van der Waals surface area contributed by atoms with E-state index in [1.165, 1.54) is 12.1 Å². The van der Waals surface area contributed by atoms with Gasteiger partial charge in [0.1, 0.15) is 6.67 Å². The Labute approximate surface area is 124 Å². The number of rotatable bonds is 4. The Kier molecular flexibility index (Phi) is 3.58. The monoisotopic (exact) mass is 315 g/mol. The lowest BCUT2D eigenvalue weighted by Gasteiger charge is -2.10. The first-order valence-electron chi connectivity index (χ1n) is 6.85. The predicted octanol–water partition coefficient (Wildman–Crippen LogP) is 3.06. The molecule has 1 N–H and O–H groups in total. The molecule has 3 rings (SSSR count). The largest absolute Gasteiger partial charge is 0.464 e. The van der Waals surface area contributed by atoms with Crippen molar-refractivity contribution in [3.8, 4) is 0 Å². The summed E-state index contributed by atoms with van der Waals surface area (Å²) in [5.41, 5.74) is -0.792. The van der Waals surface area contributed by atoms with Gasteiger partial charge in [-0.25, -0.2) is 4.39 Å². The molecule has 0 amide bonds. The van der Waals surface area contributed by atoms with Gasteiger partial charge in [-0.1, -0.05) is 12.1 Å². The summed E-state index contributed by atoms with van der Waals surface area (Å²) in [6, 6.07) is 4.54. The number of carbonyl (C=O) groups is 1. The van der Waals surface area contributed by atoms with Crippen LogP contribution in [0, 0.1) is 0 Å². The molecule has 118 valence electrons. The number of carbonyl (C=O) groups excluding carboxylic acids is 1. The van der Waals surface area contributed by atoms with Gasteiger partial charge in [-0.3, -0.25) is 4.79 Å². The fourth-order valence-electron chi connectivity index (χ4n) is 2.27. The molecule has 0 bridgehead atoms. The molecule has 1 fully saturated rings. The molecular weight excluding hydrogens is 302 g/mol. The Morgan fingerprint density at radius 2 is 2.00 bits per heavy atom. The number of Topliss-reactive ketones (excluding diaryl/α,β-unsaturated/α-hetero) is 1. The van der Waals surface area contributed by atoms with Crippen LogP contribution in [-0.4, -0.2) is 24.6 Å². The molecule has 3 nitrogen and oxygen atoms in total. The third kappa shape index (κ3) is 2.80. The van der Waals surface area contributed by atoms with E-state index >= 15 is 0 Å². The van der Waals surface area contributed by atoms with Gasteiger partial charge in [-0.05, 0) is 30.5 Å². The summed E-state index contributed by atoms with van der Waals surface area (Å²) in [6.45, 7) is -1.02. The topological polar surface area (TPSA) is 38.3 Å². The van der Waals surface area contributed by atoms with Crippen LogP contribution in [-0.2, 0) is 15.7 Å². The number of nitrogens with one attached hydrogen (secondary N) is 1. The molecular formula is C15H13F4NO2. The maximum absolute atomic E-state index is 12.9. The van der Waals surface area contributed by atoms with E-state index in [2.05, 4.69) is 5.32 Å². The van der Waals surface area contributed by atoms with Gasteiger partial charge in [0, 0.05) is 6.04 Å². The van der Waals surface area contributed by atoms with Gasteiger partial charge < -0.3 is 10.1 Å². The summed E-state index contributed by atoms with van der Waals surface area (Å²) in [4.78, 5) is 12.2. The number of hydrogen-bond acceptors (Lipinski definition) is 3. The lowest BCUT2D eigenvalue weighted by molar-refractivity contribution is -0.137. The molecule has 0 saturated heterocycles. The molecule has 1 aliphatic heterocycles. The number of halogens is 4. The maximum atomic E-state index is 12.9. The minimum absolute atomic E-state index is 0.0133. The molecule has 1 heterocycles. The Hall–Kier alpha value is -2.05. The molecule has 0 spiro atoms. The number of alkyl halides is 4. The predicted molar refractivity (Wildman–Crippen MR) is 70.4 cm³/mol. The van der Waals surface area contributed by atoms with Gasteiger partial charge in [0.05, 0.1) is 11.1 Å². The van der Waals surface area contributed by atoms with Crippen LogP contribution in [0.15, 0.2) is 30.1 Å². The van der Waals surface area contributed by atoms with Crippen molar-refractivity contribution in [2.75, 3.05) is 6.67 Å². The molecule has 0 aromatic heterocycles. The Morgan fingerprint density at radius 3 is 2.59 bits per heavy atom. The highest BCUT2D eigenvalue weighted by Gasteiger charge is 2.39. The van der Waals surface area contributed by atoms with Crippen molar-refractivity contribution in [1.29, 1.82) is 0 Å². The van der Waals surface area contributed by atoms with Crippen LogP contribution in [0.5, 0.6) is 0 Å². The number of ether oxygens (including phenoxy) is 1. The standard InChI is InChI=1S/C15H13F4NO2/c16-7-11-13(21)12(14(22-11)20-10-4-5-10)8-2-1-3-9(6-8)15(17,18)19/h1-3,6,10-11,20H,4-5,7H2. The fourth-order valence-corrected chi connectivity index (χ4v) is 2.27. The van der Waals surface area contributed by atoms with Crippen LogP contribution in [0.1, 0.15) is 24.0 Å². The van der Waals surface area contributed by atoms with Crippen molar-refractivity contribution in [2.24, 2.45) is 0 Å². The molecule has 1 saturated carbocycles. The molecule has 1 aromatic carbocycles. The van der Waals surface area contributed by atoms with Gasteiger partial charge in [-0.15, -0.1) is 0 Å². The van der Waals surface area contributed by atoms with E-state index in [1.807, 2.05) is 0 Å². The normalized spacial score (nSPS) is 22.0. The van der Waals surface area contributed by atoms with E-state index in [1.54, 1.807) is 0 Å². The minimum atomic E-state index is -4.51. The van der Waals surface area contributed by atoms with E-state index in [0.717, 1.165) is 25.0 Å². The molecule has 22 heavy (non-hydrogen) atoms. The van der Waals surface area contributed by atoms with Crippen molar-refractivity contribution in [2.45, 2.75) is 31.2 Å². The lowest BCUT2D eigenvalue weighted by Crippen LogP contribution is -2.22. The van der Waals surface area contributed by atoms with Crippen molar-refractivity contribution < 1.29 is 27.1 Å². The first kappa shape index (κ1) is 14.9. The van der Waals surface area contributed by atoms with E-state index < -0.39 is 30.3 Å². The number of hydrogen-bond donors (Lipinski definition) is 1. The summed E-state index contributed by atoms with van der Waals surface area (Å²) in [5, 5.41) is 2.94. The van der Waals surface area contributed by atoms with Gasteiger partial charge in [-0.2, -0.15) is 13.2 Å². The summed E-state index contributed by atoms with van der Waals surface area (Å²) < 4.78 is 56.5. The highest BCUT2D eigenvalue weighted by molar-refractivity contribution is 6.25. The van der Waals surface area contributed by atoms with Gasteiger partial charge in [0.25, 0.3) is 0 Å². The highest BCUT2D eigenvalue weighted by Crippen LogP contribution is 2.35. The Bertz CT molecular complexity index is 635. The summed E-state index contributed by atoms with van der Waals surface area (Å²) >= 11 is 0. The number of benzene rings is 1. The van der Waals surface area contributed by atoms with Crippen LogP contribution in [0.25, 0.3) is 5.57 Å². The molecule has 1 aromatic rings. The van der Waals surface area contributed by atoms with Crippen LogP contribution in [0.3, 0.4) is 0 Å². The quantitative estimate of drug-likeness (QED) is 0.868. The molecule has 2 aliphatic rings. The summed E-state index contributed by atoms with van der Waals surface area (Å²) in [6.07, 6.45) is -4.03. The van der Waals surface area contributed by atoms with Gasteiger partial charge in [0.2, 0.25) is 5.78 Å². The van der Waals surface area contributed by atoms with Crippen molar-refractivity contribution in [3.63, 3.8) is 0 Å². The van der Waals surface area contributed by atoms with E-state index in [-0.39, 0.29) is 23.1 Å². The van der Waals surface area contributed by atoms with E-state index in [9.17, 15) is 22.4 Å².